The summed E-state index contributed by atoms with van der Waals surface area (Å²) >= 11 is 0. The van der Waals surface area contributed by atoms with Crippen molar-refractivity contribution in [2.75, 3.05) is 11.9 Å². The number of pyridine rings is 1. The topological polar surface area (TPSA) is 62.3 Å². The van der Waals surface area contributed by atoms with Crippen LogP contribution in [0.15, 0.2) is 48.8 Å². The Bertz CT molecular complexity index is 685. The largest absolute Gasteiger partial charge is 0.338 e. The third kappa shape index (κ3) is 3.31. The highest BCUT2D eigenvalue weighted by atomic mass is 16.2. The lowest BCUT2D eigenvalue weighted by atomic mass is 10.1. The first kappa shape index (κ1) is 14.3. The number of nitrogens with one attached hydrogen (secondary N) is 1. The van der Waals surface area contributed by atoms with Crippen LogP contribution in [0.2, 0.25) is 0 Å². The zero-order chi connectivity index (χ0) is 15.4. The Morgan fingerprint density at radius 1 is 1.23 bits per heavy atom. The maximum Gasteiger partial charge on any atom is 0.255 e. The predicted molar refractivity (Wildman–Crippen MR) is 83.3 cm³/mol. The summed E-state index contributed by atoms with van der Waals surface area (Å²) in [6.45, 7) is 1.41. The smallest absolute Gasteiger partial charge is 0.255 e. The maximum absolute atomic E-state index is 12.1. The quantitative estimate of drug-likeness (QED) is 0.942. The van der Waals surface area contributed by atoms with Gasteiger partial charge in [-0.05, 0) is 36.2 Å². The second-order valence-electron chi connectivity index (χ2n) is 5.31. The first-order chi connectivity index (χ1) is 10.7. The van der Waals surface area contributed by atoms with Crippen molar-refractivity contribution in [3.8, 4) is 0 Å². The van der Waals surface area contributed by atoms with Gasteiger partial charge in [-0.15, -0.1) is 0 Å². The molecule has 0 saturated carbocycles. The monoisotopic (exact) mass is 295 g/mol. The summed E-state index contributed by atoms with van der Waals surface area (Å²) in [4.78, 5) is 29.5. The minimum absolute atomic E-state index is 0.170. The van der Waals surface area contributed by atoms with Crippen molar-refractivity contribution in [1.82, 2.24) is 9.88 Å². The molecule has 2 amide bonds. The van der Waals surface area contributed by atoms with Crippen LogP contribution >= 0.6 is 0 Å². The molecule has 0 unspecified atom stereocenters. The molecule has 1 fully saturated rings. The summed E-state index contributed by atoms with van der Waals surface area (Å²) < 4.78 is 0. The first-order valence-corrected chi connectivity index (χ1v) is 7.30. The molecule has 0 bridgehead atoms. The van der Waals surface area contributed by atoms with Gasteiger partial charge in [-0.1, -0.05) is 12.1 Å². The number of anilines is 1. The zero-order valence-corrected chi connectivity index (χ0v) is 12.2. The fourth-order valence-electron chi connectivity index (χ4n) is 2.55. The lowest BCUT2D eigenvalue weighted by Crippen LogP contribution is -2.23. The average Bonchev–Trinajstić information content (AvgIpc) is 2.94. The van der Waals surface area contributed by atoms with Gasteiger partial charge in [-0.25, -0.2) is 0 Å². The van der Waals surface area contributed by atoms with Crippen molar-refractivity contribution in [3.63, 3.8) is 0 Å². The molecule has 1 saturated heterocycles. The Hall–Kier alpha value is -2.69. The number of hydrogen-bond donors (Lipinski definition) is 1. The Kier molecular flexibility index (Phi) is 4.14. The van der Waals surface area contributed by atoms with E-state index in [9.17, 15) is 9.59 Å². The number of carbonyl (C=O) groups is 2. The van der Waals surface area contributed by atoms with Crippen molar-refractivity contribution in [1.29, 1.82) is 0 Å². The Morgan fingerprint density at radius 3 is 2.77 bits per heavy atom. The predicted octanol–water partition coefficient (Wildman–Crippen LogP) is 2.46. The van der Waals surface area contributed by atoms with Crippen molar-refractivity contribution in [2.45, 2.75) is 19.4 Å². The van der Waals surface area contributed by atoms with E-state index in [1.165, 1.54) is 0 Å². The Morgan fingerprint density at radius 2 is 2.05 bits per heavy atom. The lowest BCUT2D eigenvalue weighted by Gasteiger charge is -2.16. The van der Waals surface area contributed by atoms with E-state index in [0.717, 1.165) is 24.2 Å². The first-order valence-electron chi connectivity index (χ1n) is 7.30. The van der Waals surface area contributed by atoms with Gasteiger partial charge in [-0.2, -0.15) is 0 Å². The summed E-state index contributed by atoms with van der Waals surface area (Å²) in [6.07, 6.45) is 4.74. The van der Waals surface area contributed by atoms with Gasteiger partial charge in [0.2, 0.25) is 5.91 Å². The molecule has 0 aliphatic carbocycles. The molecule has 112 valence electrons. The minimum Gasteiger partial charge on any atom is -0.338 e. The second kappa shape index (κ2) is 6.39. The van der Waals surface area contributed by atoms with Crippen LogP contribution in [0.1, 0.15) is 28.8 Å². The van der Waals surface area contributed by atoms with Gasteiger partial charge < -0.3 is 10.2 Å². The van der Waals surface area contributed by atoms with Crippen molar-refractivity contribution >= 4 is 17.5 Å². The molecule has 5 nitrogen and oxygen atoms in total. The molecule has 22 heavy (non-hydrogen) atoms. The summed E-state index contributed by atoms with van der Waals surface area (Å²) in [5.41, 5.74) is 2.31. The number of carbonyl (C=O) groups excluding carboxylic acids is 2. The molecular formula is C17H17N3O2. The highest BCUT2D eigenvalue weighted by Crippen LogP contribution is 2.17. The van der Waals surface area contributed by atoms with Crippen molar-refractivity contribution in [2.24, 2.45) is 0 Å². The third-order valence-corrected chi connectivity index (χ3v) is 3.67. The Balaban J connectivity index is 1.68. The molecule has 1 aliphatic heterocycles. The molecule has 5 heteroatoms. The van der Waals surface area contributed by atoms with E-state index in [4.69, 9.17) is 0 Å². The summed E-state index contributed by atoms with van der Waals surface area (Å²) in [5, 5.41) is 2.86. The van der Waals surface area contributed by atoms with Crippen LogP contribution < -0.4 is 5.32 Å². The molecule has 3 rings (SSSR count). The maximum atomic E-state index is 12.1. The molecule has 1 aromatic carbocycles. The van der Waals surface area contributed by atoms with E-state index in [2.05, 4.69) is 10.3 Å². The van der Waals surface area contributed by atoms with Gasteiger partial charge in [-0.3, -0.25) is 14.6 Å². The lowest BCUT2D eigenvalue weighted by molar-refractivity contribution is -0.128. The summed E-state index contributed by atoms with van der Waals surface area (Å²) in [7, 11) is 0. The SMILES string of the molecule is O=C(Nc1cccc(CN2CCCC2=O)c1)c1ccncc1. The van der Waals surface area contributed by atoms with Gasteiger partial charge in [0.05, 0.1) is 0 Å². The van der Waals surface area contributed by atoms with E-state index in [1.807, 2.05) is 29.2 Å². The highest BCUT2D eigenvalue weighted by Gasteiger charge is 2.20. The van der Waals surface area contributed by atoms with Crippen LogP contribution in [0.3, 0.4) is 0 Å². The van der Waals surface area contributed by atoms with Crippen molar-refractivity contribution < 1.29 is 9.59 Å². The van der Waals surface area contributed by atoms with Crippen LogP contribution in [0, 0.1) is 0 Å². The molecule has 0 spiro atoms. The fraction of sp³-hybridized carbons (Fsp3) is 0.235. The summed E-state index contributed by atoms with van der Waals surface area (Å²) in [5.74, 6) is 0.0306. The zero-order valence-electron chi connectivity index (χ0n) is 12.2. The number of benzene rings is 1. The number of aromatic nitrogens is 1. The van der Waals surface area contributed by atoms with Gasteiger partial charge >= 0.3 is 0 Å². The van der Waals surface area contributed by atoms with Crippen molar-refractivity contribution in [3.05, 3.63) is 59.9 Å². The van der Waals surface area contributed by atoms with Crippen LogP contribution in [0.4, 0.5) is 5.69 Å². The molecule has 1 aliphatic rings. The fourth-order valence-corrected chi connectivity index (χ4v) is 2.55. The van der Waals surface area contributed by atoms with Crippen LogP contribution in [0.5, 0.6) is 0 Å². The number of rotatable bonds is 4. The second-order valence-corrected chi connectivity index (χ2v) is 5.31. The number of likely N-dealkylation sites (tertiary alicyclic amines) is 1. The normalized spacial score (nSPS) is 14.2. The highest BCUT2D eigenvalue weighted by molar-refractivity contribution is 6.04. The minimum atomic E-state index is -0.170. The molecule has 1 aromatic heterocycles. The molecule has 0 radical (unpaired) electrons. The summed E-state index contributed by atoms with van der Waals surface area (Å²) in [6, 6.07) is 10.9. The number of hydrogen-bond acceptors (Lipinski definition) is 3. The molecule has 2 heterocycles. The van der Waals surface area contributed by atoms with E-state index < -0.39 is 0 Å². The van der Waals surface area contributed by atoms with Crippen LogP contribution in [-0.2, 0) is 11.3 Å². The van der Waals surface area contributed by atoms with Gasteiger partial charge in [0.25, 0.3) is 5.91 Å². The average molecular weight is 295 g/mol. The van der Waals surface area contributed by atoms with Crippen LogP contribution in [-0.4, -0.2) is 28.2 Å². The number of amides is 2. The van der Waals surface area contributed by atoms with E-state index in [0.29, 0.717) is 18.5 Å². The van der Waals surface area contributed by atoms with E-state index >= 15 is 0 Å². The Labute approximate surface area is 129 Å². The molecular weight excluding hydrogens is 278 g/mol. The van der Waals surface area contributed by atoms with Gasteiger partial charge in [0.15, 0.2) is 0 Å². The standard InChI is InChI=1S/C17H17N3O2/c21-16-5-2-10-20(16)12-13-3-1-4-15(11-13)19-17(22)14-6-8-18-9-7-14/h1,3-4,6-9,11H,2,5,10,12H2,(H,19,22). The molecule has 2 aromatic rings. The number of nitrogens with zero attached hydrogens (tertiary/aromatic N) is 2. The van der Waals surface area contributed by atoms with E-state index in [-0.39, 0.29) is 11.8 Å². The van der Waals surface area contributed by atoms with Gasteiger partial charge in [0, 0.05) is 43.2 Å². The van der Waals surface area contributed by atoms with Gasteiger partial charge in [0.1, 0.15) is 0 Å². The molecule has 1 N–H and O–H groups in total. The van der Waals surface area contributed by atoms with E-state index in [1.54, 1.807) is 24.5 Å². The third-order valence-electron chi connectivity index (χ3n) is 3.67. The molecule has 0 atom stereocenters. The van der Waals surface area contributed by atoms with Crippen LogP contribution in [0.25, 0.3) is 0 Å².